The number of benzene rings is 2. The van der Waals surface area contributed by atoms with Crippen LogP contribution in [0.1, 0.15) is 5.56 Å². The summed E-state index contributed by atoms with van der Waals surface area (Å²) in [6.45, 7) is 0.0840. The SMILES string of the molecule is C#CCn1c(=NC(=O)CS(=O)(=O)Cc2ccccc2)sc2cc([N+](=O)[O-])ccc21. The molecule has 0 aliphatic carbocycles. The zero-order valence-electron chi connectivity index (χ0n) is 15.0. The van der Waals surface area contributed by atoms with Crippen molar-refractivity contribution in [1.82, 2.24) is 4.57 Å². The van der Waals surface area contributed by atoms with Gasteiger partial charge in [-0.15, -0.1) is 6.42 Å². The van der Waals surface area contributed by atoms with Crippen molar-refractivity contribution in [2.24, 2.45) is 4.99 Å². The first kappa shape index (κ1) is 20.4. The van der Waals surface area contributed by atoms with E-state index in [1.165, 1.54) is 18.2 Å². The molecule has 2 aromatic carbocycles. The second kappa shape index (κ2) is 8.38. The number of hydrogen-bond donors (Lipinski definition) is 0. The molecule has 1 amide bonds. The average molecular weight is 429 g/mol. The smallest absolute Gasteiger partial charge is 0.270 e. The molecule has 0 radical (unpaired) electrons. The highest BCUT2D eigenvalue weighted by atomic mass is 32.2. The fraction of sp³-hybridized carbons (Fsp3) is 0.158. The number of carbonyl (C=O) groups is 1. The van der Waals surface area contributed by atoms with E-state index >= 15 is 0 Å². The number of rotatable bonds is 6. The summed E-state index contributed by atoms with van der Waals surface area (Å²) in [6.07, 6.45) is 5.38. The molecule has 0 atom stereocenters. The molecule has 0 unspecified atom stereocenters. The van der Waals surface area contributed by atoms with Gasteiger partial charge in [0.2, 0.25) is 0 Å². The summed E-state index contributed by atoms with van der Waals surface area (Å²) in [5.41, 5.74) is 1.06. The topological polar surface area (TPSA) is 112 Å². The van der Waals surface area contributed by atoms with Crippen molar-refractivity contribution in [2.75, 3.05) is 5.75 Å². The number of carbonyl (C=O) groups excluding carboxylic acids is 1. The first-order chi connectivity index (χ1) is 13.8. The van der Waals surface area contributed by atoms with Crippen molar-refractivity contribution in [1.29, 1.82) is 0 Å². The molecule has 0 spiro atoms. The summed E-state index contributed by atoms with van der Waals surface area (Å²) in [7, 11) is -3.70. The van der Waals surface area contributed by atoms with Crippen LogP contribution in [-0.2, 0) is 26.9 Å². The van der Waals surface area contributed by atoms with Crippen LogP contribution >= 0.6 is 11.3 Å². The van der Waals surface area contributed by atoms with Gasteiger partial charge in [0.15, 0.2) is 14.6 Å². The summed E-state index contributed by atoms with van der Waals surface area (Å²) in [5, 5.41) is 11.0. The van der Waals surface area contributed by atoms with Crippen molar-refractivity contribution >= 4 is 43.0 Å². The highest BCUT2D eigenvalue weighted by Crippen LogP contribution is 2.23. The highest BCUT2D eigenvalue weighted by Gasteiger charge is 2.18. The number of sulfone groups is 1. The van der Waals surface area contributed by atoms with Gasteiger partial charge in [-0.05, 0) is 11.6 Å². The zero-order chi connectivity index (χ0) is 21.0. The maximum atomic E-state index is 12.3. The van der Waals surface area contributed by atoms with Crippen molar-refractivity contribution in [3.8, 4) is 12.3 Å². The van der Waals surface area contributed by atoms with Crippen molar-refractivity contribution in [3.05, 3.63) is 69.0 Å². The second-order valence-corrected chi connectivity index (χ2v) is 9.18. The van der Waals surface area contributed by atoms with Gasteiger partial charge in [0.25, 0.3) is 11.6 Å². The Bertz CT molecular complexity index is 1300. The number of aromatic nitrogens is 1. The van der Waals surface area contributed by atoms with E-state index in [-0.39, 0.29) is 22.8 Å². The van der Waals surface area contributed by atoms with E-state index in [2.05, 4.69) is 10.9 Å². The van der Waals surface area contributed by atoms with Crippen LogP contribution in [0.4, 0.5) is 5.69 Å². The quantitative estimate of drug-likeness (QED) is 0.339. The molecule has 0 fully saturated rings. The Labute approximate surface area is 170 Å². The fourth-order valence-electron chi connectivity index (χ4n) is 2.71. The zero-order valence-corrected chi connectivity index (χ0v) is 16.6. The molecule has 0 bridgehead atoms. The molecule has 1 aromatic heterocycles. The number of amides is 1. The molecular formula is C19H15N3O5S2. The van der Waals surface area contributed by atoms with E-state index < -0.39 is 26.4 Å². The normalized spacial score (nSPS) is 12.0. The van der Waals surface area contributed by atoms with E-state index in [0.29, 0.717) is 15.8 Å². The molecule has 0 N–H and O–H groups in total. The molecule has 0 saturated heterocycles. The van der Waals surface area contributed by atoms with Gasteiger partial charge in [0, 0.05) is 12.1 Å². The molecular weight excluding hydrogens is 414 g/mol. The average Bonchev–Trinajstić information content (AvgIpc) is 2.98. The number of nitro groups is 1. The highest BCUT2D eigenvalue weighted by molar-refractivity contribution is 7.91. The Hall–Kier alpha value is -3.29. The van der Waals surface area contributed by atoms with E-state index in [9.17, 15) is 23.3 Å². The van der Waals surface area contributed by atoms with E-state index in [1.807, 2.05) is 0 Å². The fourth-order valence-corrected chi connectivity index (χ4v) is 5.03. The Balaban J connectivity index is 1.94. The largest absolute Gasteiger partial charge is 0.305 e. The lowest BCUT2D eigenvalue weighted by Gasteiger charge is -2.02. The summed E-state index contributed by atoms with van der Waals surface area (Å²) in [6, 6.07) is 12.8. The standard InChI is InChI=1S/C19H15N3O5S2/c1-2-10-21-16-9-8-15(22(24)25)11-17(16)28-19(21)20-18(23)13-29(26,27)12-14-6-4-3-5-7-14/h1,3-9,11H,10,12-13H2. The van der Waals surface area contributed by atoms with Gasteiger partial charge in [-0.3, -0.25) is 14.9 Å². The van der Waals surface area contributed by atoms with Crippen LogP contribution in [0.15, 0.2) is 53.5 Å². The van der Waals surface area contributed by atoms with Gasteiger partial charge in [0.1, 0.15) is 5.75 Å². The van der Waals surface area contributed by atoms with Crippen molar-refractivity contribution in [2.45, 2.75) is 12.3 Å². The molecule has 3 aromatic rings. The number of hydrogen-bond acceptors (Lipinski definition) is 6. The van der Waals surface area contributed by atoms with Gasteiger partial charge in [-0.1, -0.05) is 47.6 Å². The minimum absolute atomic E-state index is 0.0840. The minimum Gasteiger partial charge on any atom is -0.305 e. The number of terminal acetylenes is 1. The Morgan fingerprint density at radius 2 is 1.97 bits per heavy atom. The van der Waals surface area contributed by atoms with Gasteiger partial charge < -0.3 is 4.57 Å². The van der Waals surface area contributed by atoms with Gasteiger partial charge in [0.05, 0.1) is 27.4 Å². The second-order valence-electron chi connectivity index (χ2n) is 6.11. The summed E-state index contributed by atoms with van der Waals surface area (Å²) >= 11 is 1.03. The van der Waals surface area contributed by atoms with Crippen molar-refractivity contribution < 1.29 is 18.1 Å². The van der Waals surface area contributed by atoms with Crippen LogP contribution in [0.5, 0.6) is 0 Å². The van der Waals surface area contributed by atoms with E-state index in [4.69, 9.17) is 6.42 Å². The number of thiazole rings is 1. The third kappa shape index (κ3) is 4.96. The predicted octanol–water partition coefficient (Wildman–Crippen LogP) is 2.29. The van der Waals surface area contributed by atoms with Gasteiger partial charge >= 0.3 is 0 Å². The maximum Gasteiger partial charge on any atom is 0.270 e. The molecule has 0 saturated carbocycles. The van der Waals surface area contributed by atoms with E-state index in [0.717, 1.165) is 11.3 Å². The molecule has 10 heteroatoms. The summed E-state index contributed by atoms with van der Waals surface area (Å²) < 4.78 is 26.7. The lowest BCUT2D eigenvalue weighted by Crippen LogP contribution is -2.21. The summed E-state index contributed by atoms with van der Waals surface area (Å²) in [5.74, 6) is 0.605. The molecule has 148 valence electrons. The maximum absolute atomic E-state index is 12.3. The predicted molar refractivity (Wildman–Crippen MR) is 110 cm³/mol. The van der Waals surface area contributed by atoms with Crippen LogP contribution in [0.2, 0.25) is 0 Å². The Kier molecular flexibility index (Phi) is 5.91. The number of nitro benzene ring substituents is 1. The van der Waals surface area contributed by atoms with Crippen LogP contribution in [0.3, 0.4) is 0 Å². The third-order valence-electron chi connectivity index (χ3n) is 3.92. The first-order valence-corrected chi connectivity index (χ1v) is 11.0. The van der Waals surface area contributed by atoms with Crippen molar-refractivity contribution in [3.63, 3.8) is 0 Å². The Morgan fingerprint density at radius 3 is 2.62 bits per heavy atom. The molecule has 29 heavy (non-hydrogen) atoms. The van der Waals surface area contributed by atoms with Crippen LogP contribution < -0.4 is 4.80 Å². The van der Waals surface area contributed by atoms with E-state index in [1.54, 1.807) is 34.9 Å². The number of non-ortho nitro benzene ring substituents is 1. The molecule has 0 aliphatic rings. The first-order valence-electron chi connectivity index (χ1n) is 8.32. The molecule has 3 rings (SSSR count). The molecule has 1 heterocycles. The van der Waals surface area contributed by atoms with Crippen LogP contribution in [0.25, 0.3) is 10.2 Å². The lowest BCUT2D eigenvalue weighted by atomic mass is 10.2. The summed E-state index contributed by atoms with van der Waals surface area (Å²) in [4.78, 5) is 26.9. The molecule has 8 nitrogen and oxygen atoms in total. The lowest BCUT2D eigenvalue weighted by molar-refractivity contribution is -0.384. The molecule has 0 aliphatic heterocycles. The van der Waals surface area contributed by atoms with Crippen LogP contribution in [0, 0.1) is 22.5 Å². The van der Waals surface area contributed by atoms with Gasteiger partial charge in [-0.25, -0.2) is 8.42 Å². The number of fused-ring (bicyclic) bond motifs is 1. The monoisotopic (exact) mass is 429 g/mol. The third-order valence-corrected chi connectivity index (χ3v) is 6.42. The Morgan fingerprint density at radius 1 is 1.24 bits per heavy atom. The van der Waals surface area contributed by atoms with Crippen LogP contribution in [-0.4, -0.2) is 29.6 Å². The minimum atomic E-state index is -3.70. The van der Waals surface area contributed by atoms with Gasteiger partial charge in [-0.2, -0.15) is 4.99 Å². The number of nitrogens with zero attached hydrogens (tertiary/aromatic N) is 3.